The molecule has 1 amide bonds. The number of aliphatic hydroxyl groups is 1. The molecule has 2 bridgehead atoms. The summed E-state index contributed by atoms with van der Waals surface area (Å²) in [4.78, 5) is 20.8. The van der Waals surface area contributed by atoms with E-state index in [4.69, 9.17) is 4.74 Å². The summed E-state index contributed by atoms with van der Waals surface area (Å²) in [7, 11) is -3.88. The predicted molar refractivity (Wildman–Crippen MR) is 139 cm³/mol. The summed E-state index contributed by atoms with van der Waals surface area (Å²) < 4.78 is 34.6. The maximum Gasteiger partial charge on any atom is 0.243 e. The molecule has 7 rings (SSSR count). The van der Waals surface area contributed by atoms with E-state index in [1.165, 1.54) is 4.31 Å². The lowest BCUT2D eigenvalue weighted by Crippen LogP contribution is -2.60. The molecule has 3 aromatic rings. The number of rotatable bonds is 5. The highest BCUT2D eigenvalue weighted by atomic mass is 32.2. The molecule has 0 radical (unpaired) electrons. The second kappa shape index (κ2) is 8.56. The van der Waals surface area contributed by atoms with Crippen LogP contribution in [0.2, 0.25) is 0 Å². The Morgan fingerprint density at radius 3 is 2.59 bits per heavy atom. The van der Waals surface area contributed by atoms with Crippen LogP contribution in [0.15, 0.2) is 53.4 Å². The Kier molecular flexibility index (Phi) is 5.37. The molecule has 4 atom stereocenters. The number of anilines is 1. The first kappa shape index (κ1) is 23.2. The lowest BCUT2D eigenvalue weighted by molar-refractivity contribution is -0.142. The zero-order chi connectivity index (χ0) is 25.3. The average molecular weight is 523 g/mol. The number of benzene rings is 2. The third kappa shape index (κ3) is 3.77. The van der Waals surface area contributed by atoms with Gasteiger partial charge in [-0.15, -0.1) is 0 Å². The van der Waals surface area contributed by atoms with Crippen molar-refractivity contribution in [1.82, 2.24) is 14.2 Å². The molecular formula is C27H30N4O5S. The van der Waals surface area contributed by atoms with Gasteiger partial charge < -0.3 is 24.6 Å². The van der Waals surface area contributed by atoms with Crippen molar-refractivity contribution in [2.45, 2.75) is 48.4 Å². The molecule has 0 aliphatic carbocycles. The first-order valence-electron chi connectivity index (χ1n) is 13.0. The van der Waals surface area contributed by atoms with E-state index in [2.05, 4.69) is 9.88 Å². The van der Waals surface area contributed by atoms with Crippen LogP contribution >= 0.6 is 0 Å². The van der Waals surface area contributed by atoms with Gasteiger partial charge in [0, 0.05) is 54.0 Å². The van der Waals surface area contributed by atoms with Gasteiger partial charge in [0.05, 0.1) is 29.8 Å². The number of amides is 1. The molecule has 0 spiro atoms. The normalized spacial score (nSPS) is 27.8. The number of aromatic amines is 1. The van der Waals surface area contributed by atoms with Crippen molar-refractivity contribution in [2.24, 2.45) is 0 Å². The topological polar surface area (TPSA) is 106 Å². The first-order chi connectivity index (χ1) is 17.9. The number of aliphatic hydroxyl groups excluding tert-OH is 1. The fourth-order valence-corrected chi connectivity index (χ4v) is 7.89. The number of aromatic nitrogens is 1. The van der Waals surface area contributed by atoms with Crippen molar-refractivity contribution in [3.8, 4) is 11.3 Å². The van der Waals surface area contributed by atoms with Crippen LogP contribution in [0.1, 0.15) is 19.3 Å². The minimum Gasteiger partial charge on any atom is -0.391 e. The highest BCUT2D eigenvalue weighted by Gasteiger charge is 2.49. The summed E-state index contributed by atoms with van der Waals surface area (Å²) in [6.07, 6.45) is 1.72. The maximum atomic E-state index is 13.8. The molecule has 4 aliphatic heterocycles. The Bertz CT molecular complexity index is 1450. The van der Waals surface area contributed by atoms with Crippen LogP contribution in [-0.2, 0) is 19.6 Å². The van der Waals surface area contributed by atoms with E-state index in [9.17, 15) is 18.3 Å². The van der Waals surface area contributed by atoms with Crippen LogP contribution in [0, 0.1) is 0 Å². The quantitative estimate of drug-likeness (QED) is 0.532. The number of hydrogen-bond donors (Lipinski definition) is 2. The second-order valence-electron chi connectivity index (χ2n) is 10.6. The molecule has 9 nitrogen and oxygen atoms in total. The predicted octanol–water partition coefficient (Wildman–Crippen LogP) is 2.17. The molecule has 194 valence electrons. The van der Waals surface area contributed by atoms with Gasteiger partial charge in [-0.2, -0.15) is 4.31 Å². The maximum absolute atomic E-state index is 13.8. The Balaban J connectivity index is 1.24. The number of nitrogens with zero attached hydrogens (tertiary/aromatic N) is 3. The Labute approximate surface area is 215 Å². The summed E-state index contributed by atoms with van der Waals surface area (Å²) in [6, 6.07) is 14.5. The van der Waals surface area contributed by atoms with E-state index in [0.29, 0.717) is 45.6 Å². The highest BCUT2D eigenvalue weighted by molar-refractivity contribution is 7.89. The number of H-pyrrole nitrogens is 1. The summed E-state index contributed by atoms with van der Waals surface area (Å²) in [6.45, 7) is 2.62. The first-order valence-corrected chi connectivity index (χ1v) is 14.4. The Morgan fingerprint density at radius 1 is 1.05 bits per heavy atom. The number of likely N-dealkylation sites (tertiary alicyclic amines) is 1. The SMILES string of the molecule is O=C([C@@H]1CCN1S(=O)(=O)c1ccc(N2CC[C@H](O)C2)c(-c2cc3ccccc3[nH]2)c1)N1C[C@@H]2C[C@H]1CO2. The van der Waals surface area contributed by atoms with Crippen LogP contribution in [0.3, 0.4) is 0 Å². The van der Waals surface area contributed by atoms with E-state index < -0.39 is 22.2 Å². The average Bonchev–Trinajstić information content (AvgIpc) is 3.66. The number of carbonyl (C=O) groups excluding carboxylic acids is 1. The van der Waals surface area contributed by atoms with Crippen molar-refractivity contribution in [2.75, 3.05) is 37.7 Å². The molecule has 2 N–H and O–H groups in total. The summed E-state index contributed by atoms with van der Waals surface area (Å²) >= 11 is 0. The standard InChI is InChI=1S/C27H30N4O5S/c32-19-7-9-29(14-19)25-6-5-21(13-22(25)24-11-17-3-1-2-4-23(17)28-24)37(34,35)31-10-8-26(31)27(33)30-15-20-12-18(30)16-36-20/h1-6,11,13,18-20,26,28,32H,7-10,12,14-16H2/t18-,19-,20-,26-/m0/s1. The zero-order valence-corrected chi connectivity index (χ0v) is 21.2. The Hall–Kier alpha value is -2.92. The minimum absolute atomic E-state index is 0.0614. The number of β-amino-alcohol motifs (C(OH)–C–C–N with tert-alkyl or cyclic N) is 1. The third-order valence-electron chi connectivity index (χ3n) is 8.34. The van der Waals surface area contributed by atoms with Crippen LogP contribution in [0.4, 0.5) is 5.69 Å². The summed E-state index contributed by atoms with van der Waals surface area (Å²) in [5.74, 6) is -0.107. The number of nitrogens with one attached hydrogen (secondary N) is 1. The number of sulfonamides is 1. The molecule has 37 heavy (non-hydrogen) atoms. The molecule has 4 fully saturated rings. The minimum atomic E-state index is -3.88. The second-order valence-corrected chi connectivity index (χ2v) is 12.5. The van der Waals surface area contributed by atoms with Crippen molar-refractivity contribution in [3.05, 3.63) is 48.5 Å². The van der Waals surface area contributed by atoms with Gasteiger partial charge in [0.1, 0.15) is 6.04 Å². The number of para-hydroxylation sites is 1. The molecule has 5 heterocycles. The largest absolute Gasteiger partial charge is 0.391 e. The number of hydrogen-bond acceptors (Lipinski definition) is 6. The summed E-state index contributed by atoms with van der Waals surface area (Å²) in [5, 5.41) is 11.2. The number of morpholine rings is 1. The Morgan fingerprint density at radius 2 is 1.92 bits per heavy atom. The van der Waals surface area contributed by atoms with Crippen LogP contribution in [0.25, 0.3) is 22.2 Å². The molecule has 4 saturated heterocycles. The molecular weight excluding hydrogens is 492 g/mol. The zero-order valence-electron chi connectivity index (χ0n) is 20.4. The van der Waals surface area contributed by atoms with Gasteiger partial charge in [-0.3, -0.25) is 4.79 Å². The van der Waals surface area contributed by atoms with Crippen molar-refractivity contribution < 1.29 is 23.1 Å². The fraction of sp³-hybridized carbons (Fsp3) is 0.444. The molecule has 4 aliphatic rings. The third-order valence-corrected chi connectivity index (χ3v) is 10.2. The van der Waals surface area contributed by atoms with E-state index >= 15 is 0 Å². The monoisotopic (exact) mass is 522 g/mol. The van der Waals surface area contributed by atoms with Gasteiger partial charge in [0.25, 0.3) is 0 Å². The summed E-state index contributed by atoms with van der Waals surface area (Å²) in [5.41, 5.74) is 3.43. The molecule has 0 unspecified atom stereocenters. The van der Waals surface area contributed by atoms with Crippen LogP contribution in [-0.4, -0.2) is 90.7 Å². The number of ether oxygens (including phenoxy) is 1. The molecule has 2 aromatic carbocycles. The molecule has 10 heteroatoms. The molecule has 0 saturated carbocycles. The van der Waals surface area contributed by atoms with Crippen LogP contribution in [0.5, 0.6) is 0 Å². The van der Waals surface area contributed by atoms with Crippen molar-refractivity contribution in [1.29, 1.82) is 0 Å². The van der Waals surface area contributed by atoms with E-state index in [1.54, 1.807) is 12.1 Å². The van der Waals surface area contributed by atoms with Gasteiger partial charge in [-0.1, -0.05) is 18.2 Å². The van der Waals surface area contributed by atoms with Gasteiger partial charge in [0.2, 0.25) is 15.9 Å². The fourth-order valence-electron chi connectivity index (χ4n) is 6.24. The van der Waals surface area contributed by atoms with Gasteiger partial charge in [0.15, 0.2) is 0 Å². The van der Waals surface area contributed by atoms with Gasteiger partial charge >= 0.3 is 0 Å². The van der Waals surface area contributed by atoms with E-state index in [-0.39, 0.29) is 22.9 Å². The lowest BCUT2D eigenvalue weighted by Gasteiger charge is -2.41. The highest BCUT2D eigenvalue weighted by Crippen LogP contribution is 2.38. The smallest absolute Gasteiger partial charge is 0.243 e. The van der Waals surface area contributed by atoms with E-state index in [1.807, 2.05) is 41.3 Å². The van der Waals surface area contributed by atoms with Crippen LogP contribution < -0.4 is 4.90 Å². The number of carbonyl (C=O) groups is 1. The number of fused-ring (bicyclic) bond motifs is 3. The molecule has 1 aromatic heterocycles. The lowest BCUT2D eigenvalue weighted by atomic mass is 10.1. The van der Waals surface area contributed by atoms with E-state index in [0.717, 1.165) is 34.3 Å². The van der Waals surface area contributed by atoms with Gasteiger partial charge in [-0.25, -0.2) is 8.42 Å². The van der Waals surface area contributed by atoms with Crippen molar-refractivity contribution >= 4 is 32.5 Å². The van der Waals surface area contributed by atoms with Crippen molar-refractivity contribution in [3.63, 3.8) is 0 Å². The van der Waals surface area contributed by atoms with Gasteiger partial charge in [-0.05, 0) is 49.6 Å².